The van der Waals surface area contributed by atoms with E-state index < -0.39 is 23.4 Å². The topological polar surface area (TPSA) is 63.1 Å². The number of halogens is 3. The maximum absolute atomic E-state index is 13.2. The number of benzene rings is 2. The molecule has 1 amide bonds. The van der Waals surface area contributed by atoms with E-state index in [1.807, 2.05) is 16.7 Å². The molecule has 156 valence electrons. The molecule has 0 fully saturated rings. The van der Waals surface area contributed by atoms with Crippen LogP contribution in [0.1, 0.15) is 27.2 Å². The molecule has 0 aliphatic carbocycles. The zero-order valence-corrected chi connectivity index (χ0v) is 16.3. The number of rotatable bonds is 3. The Morgan fingerprint density at radius 2 is 1.83 bits per heavy atom. The quantitative estimate of drug-likeness (QED) is 0.503. The number of anilines is 1. The van der Waals surface area contributed by atoms with Crippen molar-refractivity contribution in [3.63, 3.8) is 0 Å². The highest BCUT2D eigenvalue weighted by Gasteiger charge is 2.34. The van der Waals surface area contributed by atoms with E-state index in [2.05, 4.69) is 10.6 Å². The first-order chi connectivity index (χ1) is 14.3. The van der Waals surface area contributed by atoms with Gasteiger partial charge in [-0.2, -0.15) is 13.2 Å². The molecule has 0 unspecified atom stereocenters. The van der Waals surface area contributed by atoms with Gasteiger partial charge in [-0.3, -0.25) is 9.59 Å². The zero-order valence-electron chi connectivity index (χ0n) is 16.3. The third-order valence-electron chi connectivity index (χ3n) is 5.45. The lowest BCUT2D eigenvalue weighted by Gasteiger charge is -2.14. The van der Waals surface area contributed by atoms with E-state index in [0.717, 1.165) is 23.8 Å². The molecule has 0 atom stereocenters. The summed E-state index contributed by atoms with van der Waals surface area (Å²) < 4.78 is 41.5. The number of hydrogen-bond donors (Lipinski definition) is 2. The molecule has 2 aromatic carbocycles. The van der Waals surface area contributed by atoms with Gasteiger partial charge in [0, 0.05) is 48.3 Å². The highest BCUT2D eigenvalue weighted by atomic mass is 19.4. The number of para-hydroxylation sites is 1. The van der Waals surface area contributed by atoms with E-state index in [0.29, 0.717) is 30.5 Å². The average molecular weight is 415 g/mol. The lowest BCUT2D eigenvalue weighted by atomic mass is 10.0. The number of amides is 1. The number of carbonyl (C=O) groups excluding carboxylic acids is 2. The Labute approximate surface area is 170 Å². The third-order valence-corrected chi connectivity index (χ3v) is 5.45. The van der Waals surface area contributed by atoms with Crippen molar-refractivity contribution in [1.29, 1.82) is 0 Å². The maximum Gasteiger partial charge on any atom is 0.416 e. The molecule has 5 nitrogen and oxygen atoms in total. The summed E-state index contributed by atoms with van der Waals surface area (Å²) in [5, 5.41) is 6.33. The van der Waals surface area contributed by atoms with Crippen LogP contribution in [0.4, 0.5) is 18.9 Å². The SMILES string of the molecule is Cc1c(NC(=O)C(=O)c2c3n(c4ccccc24)CCNCC3)cccc1C(F)(F)F. The molecular weight excluding hydrogens is 395 g/mol. The average Bonchev–Trinajstić information content (AvgIpc) is 2.84. The molecule has 1 aliphatic heterocycles. The molecule has 0 spiro atoms. The van der Waals surface area contributed by atoms with Gasteiger partial charge in [0.25, 0.3) is 11.7 Å². The van der Waals surface area contributed by atoms with E-state index in [4.69, 9.17) is 0 Å². The first-order valence-corrected chi connectivity index (χ1v) is 9.62. The molecule has 0 saturated heterocycles. The molecule has 30 heavy (non-hydrogen) atoms. The number of fused-ring (bicyclic) bond motifs is 3. The van der Waals surface area contributed by atoms with Crippen LogP contribution in [-0.2, 0) is 23.9 Å². The minimum Gasteiger partial charge on any atom is -0.343 e. The largest absolute Gasteiger partial charge is 0.416 e. The van der Waals surface area contributed by atoms with Crippen molar-refractivity contribution < 1.29 is 22.8 Å². The molecule has 2 heterocycles. The van der Waals surface area contributed by atoms with Gasteiger partial charge >= 0.3 is 6.18 Å². The molecule has 4 rings (SSSR count). The van der Waals surface area contributed by atoms with Crippen molar-refractivity contribution in [3.8, 4) is 0 Å². The van der Waals surface area contributed by atoms with Crippen LogP contribution in [0.25, 0.3) is 10.9 Å². The van der Waals surface area contributed by atoms with Gasteiger partial charge in [0.15, 0.2) is 0 Å². The van der Waals surface area contributed by atoms with Gasteiger partial charge in [0.05, 0.1) is 11.1 Å². The Bertz CT molecular complexity index is 1150. The molecule has 3 aromatic rings. The van der Waals surface area contributed by atoms with E-state index >= 15 is 0 Å². The molecular formula is C22H20F3N3O2. The molecule has 0 radical (unpaired) electrons. The van der Waals surface area contributed by atoms with Crippen LogP contribution in [0.2, 0.25) is 0 Å². The summed E-state index contributed by atoms with van der Waals surface area (Å²) in [6, 6.07) is 10.9. The fourth-order valence-corrected chi connectivity index (χ4v) is 4.02. The molecule has 2 N–H and O–H groups in total. The van der Waals surface area contributed by atoms with Gasteiger partial charge in [0.1, 0.15) is 0 Å². The van der Waals surface area contributed by atoms with Gasteiger partial charge in [-0.25, -0.2) is 0 Å². The predicted octanol–water partition coefficient (Wildman–Crippen LogP) is 3.94. The smallest absolute Gasteiger partial charge is 0.343 e. The lowest BCUT2D eigenvalue weighted by Crippen LogP contribution is -2.25. The monoisotopic (exact) mass is 415 g/mol. The highest BCUT2D eigenvalue weighted by Crippen LogP contribution is 2.35. The van der Waals surface area contributed by atoms with Gasteiger partial charge in [0.2, 0.25) is 0 Å². The van der Waals surface area contributed by atoms with Crippen molar-refractivity contribution >= 4 is 28.3 Å². The zero-order chi connectivity index (χ0) is 21.5. The third kappa shape index (κ3) is 3.47. The Hall–Kier alpha value is -3.13. The molecule has 0 saturated carbocycles. The van der Waals surface area contributed by atoms with E-state index in [1.165, 1.54) is 19.1 Å². The summed E-state index contributed by atoms with van der Waals surface area (Å²) in [4.78, 5) is 25.9. The standard InChI is InChI=1S/C22H20F3N3O2/c1-13-15(22(23,24)25)6-4-7-16(13)27-21(30)20(29)19-14-5-2-3-8-17(14)28-12-11-26-10-9-18(19)28/h2-8,26H,9-12H2,1H3,(H,27,30). The maximum atomic E-state index is 13.2. The molecule has 1 aromatic heterocycles. The highest BCUT2D eigenvalue weighted by molar-refractivity contribution is 6.48. The number of ketones is 1. The van der Waals surface area contributed by atoms with Crippen LogP contribution in [-0.4, -0.2) is 29.3 Å². The number of hydrogen-bond acceptors (Lipinski definition) is 3. The molecule has 1 aliphatic rings. The minimum atomic E-state index is -4.54. The van der Waals surface area contributed by atoms with Crippen LogP contribution in [0.3, 0.4) is 0 Å². The van der Waals surface area contributed by atoms with Crippen LogP contribution in [0.5, 0.6) is 0 Å². The van der Waals surface area contributed by atoms with Crippen molar-refractivity contribution in [1.82, 2.24) is 9.88 Å². The summed E-state index contributed by atoms with van der Waals surface area (Å²) in [5.41, 5.74) is 0.943. The van der Waals surface area contributed by atoms with Gasteiger partial charge in [-0.1, -0.05) is 24.3 Å². The van der Waals surface area contributed by atoms with Crippen LogP contribution < -0.4 is 10.6 Å². The van der Waals surface area contributed by atoms with Crippen LogP contribution in [0, 0.1) is 6.92 Å². The van der Waals surface area contributed by atoms with Crippen molar-refractivity contribution in [2.24, 2.45) is 0 Å². The van der Waals surface area contributed by atoms with E-state index in [9.17, 15) is 22.8 Å². The Morgan fingerprint density at radius 3 is 2.60 bits per heavy atom. The van der Waals surface area contributed by atoms with Gasteiger partial charge in [-0.15, -0.1) is 0 Å². The number of alkyl halides is 3. The number of nitrogens with zero attached hydrogens (tertiary/aromatic N) is 1. The Morgan fingerprint density at radius 1 is 1.07 bits per heavy atom. The molecule has 8 heteroatoms. The van der Waals surface area contributed by atoms with Crippen molar-refractivity contribution in [3.05, 3.63) is 64.8 Å². The van der Waals surface area contributed by atoms with Crippen molar-refractivity contribution in [2.45, 2.75) is 26.1 Å². The van der Waals surface area contributed by atoms with Crippen LogP contribution in [0.15, 0.2) is 42.5 Å². The Kier molecular flexibility index (Phi) is 5.11. The number of Topliss-reactive ketones (excluding diaryl/α,β-unsaturated/α-hetero) is 1. The van der Waals surface area contributed by atoms with Crippen molar-refractivity contribution in [2.75, 3.05) is 18.4 Å². The summed E-state index contributed by atoms with van der Waals surface area (Å²) in [5.74, 6) is -1.70. The normalized spacial score (nSPS) is 14.3. The summed E-state index contributed by atoms with van der Waals surface area (Å²) in [6.07, 6.45) is -3.97. The summed E-state index contributed by atoms with van der Waals surface area (Å²) in [6.45, 7) is 3.35. The second-order valence-corrected chi connectivity index (χ2v) is 7.25. The first kappa shape index (κ1) is 20.2. The predicted molar refractivity (Wildman–Crippen MR) is 108 cm³/mol. The summed E-state index contributed by atoms with van der Waals surface area (Å²) in [7, 11) is 0. The van der Waals surface area contributed by atoms with E-state index in [-0.39, 0.29) is 11.3 Å². The minimum absolute atomic E-state index is 0.0283. The van der Waals surface area contributed by atoms with E-state index in [1.54, 1.807) is 12.1 Å². The summed E-state index contributed by atoms with van der Waals surface area (Å²) >= 11 is 0. The first-order valence-electron chi connectivity index (χ1n) is 9.62. The molecule has 0 bridgehead atoms. The van der Waals surface area contributed by atoms with Gasteiger partial charge in [-0.05, 0) is 30.7 Å². The second-order valence-electron chi connectivity index (χ2n) is 7.25. The number of carbonyl (C=O) groups is 2. The fraction of sp³-hybridized carbons (Fsp3) is 0.273. The fourth-order valence-electron chi connectivity index (χ4n) is 4.02. The van der Waals surface area contributed by atoms with Gasteiger partial charge < -0.3 is 15.2 Å². The second kappa shape index (κ2) is 7.60. The lowest BCUT2D eigenvalue weighted by molar-refractivity contribution is -0.138. The number of nitrogens with one attached hydrogen (secondary N) is 2. The Balaban J connectivity index is 1.72. The number of aromatic nitrogens is 1. The van der Waals surface area contributed by atoms with Crippen LogP contribution >= 0.6 is 0 Å².